The number of rotatable bonds is 23. The predicted molar refractivity (Wildman–Crippen MR) is 194 cm³/mol. The molecule has 0 radical (unpaired) electrons. The van der Waals surface area contributed by atoms with Gasteiger partial charge in [-0.05, 0) is 135 Å². The van der Waals surface area contributed by atoms with Crippen LogP contribution in [-0.2, 0) is 25.5 Å². The Labute approximate surface area is 294 Å². The first-order valence-electron chi connectivity index (χ1n) is 16.9. The number of esters is 2. The van der Waals surface area contributed by atoms with Crippen molar-refractivity contribution in [2.75, 3.05) is 33.0 Å². The van der Waals surface area contributed by atoms with Gasteiger partial charge in [0.05, 0.1) is 38.6 Å². The number of aliphatic hydroxyl groups excluding tert-OH is 1. The lowest BCUT2D eigenvalue weighted by atomic mass is 10.0. The molecule has 1 N–H and O–H groups in total. The van der Waals surface area contributed by atoms with E-state index in [1.54, 1.807) is 12.1 Å². The molecule has 0 aromatic heterocycles. The molecule has 9 heteroatoms. The zero-order valence-electron chi connectivity index (χ0n) is 28.5. The third kappa shape index (κ3) is 14.4. The maximum Gasteiger partial charge on any atom is 0.335 e. The van der Waals surface area contributed by atoms with Crippen LogP contribution in [0.25, 0.3) is 11.1 Å². The van der Waals surface area contributed by atoms with Crippen molar-refractivity contribution in [2.45, 2.75) is 69.6 Å². The van der Waals surface area contributed by atoms with Crippen LogP contribution in [-0.4, -0.2) is 55.2 Å². The van der Waals surface area contributed by atoms with Gasteiger partial charge in [0, 0.05) is 16.5 Å². The Morgan fingerprint density at radius 2 is 1.33 bits per heavy atom. The Morgan fingerprint density at radius 3 is 1.94 bits per heavy atom. The summed E-state index contributed by atoms with van der Waals surface area (Å²) in [6, 6.07) is 21.5. The second kappa shape index (κ2) is 22.3. The van der Waals surface area contributed by atoms with E-state index in [-0.39, 0.29) is 16.7 Å². The van der Waals surface area contributed by atoms with Crippen LogP contribution < -0.4 is 9.47 Å². The van der Waals surface area contributed by atoms with Crippen molar-refractivity contribution >= 4 is 28.8 Å². The minimum Gasteiger partial charge on any atom is -0.494 e. The fourth-order valence-electron chi connectivity index (χ4n) is 4.80. The van der Waals surface area contributed by atoms with Crippen LogP contribution in [0.2, 0.25) is 0 Å². The lowest BCUT2D eigenvalue weighted by molar-refractivity contribution is -0.140. The number of benzene rings is 3. The van der Waals surface area contributed by atoms with Gasteiger partial charge >= 0.3 is 11.9 Å². The van der Waals surface area contributed by atoms with Crippen LogP contribution in [0.1, 0.15) is 74.2 Å². The van der Waals surface area contributed by atoms with E-state index in [0.717, 1.165) is 85.1 Å². The Kier molecular flexibility index (Phi) is 17.8. The fourth-order valence-corrected chi connectivity index (χ4v) is 5.54. The molecular formula is C40H48O8S. The lowest BCUT2D eigenvalue weighted by Gasteiger charge is -2.13. The van der Waals surface area contributed by atoms with Crippen molar-refractivity contribution in [3.05, 3.63) is 103 Å². The maximum atomic E-state index is 12.9. The number of ether oxygens (including phenoxy) is 4. The highest BCUT2D eigenvalue weighted by Crippen LogP contribution is 2.30. The van der Waals surface area contributed by atoms with Crippen LogP contribution in [0.4, 0.5) is 0 Å². The summed E-state index contributed by atoms with van der Waals surface area (Å²) in [4.78, 5) is 36.3. The number of carbonyl (C=O) groups excluding carboxylic acids is 3. The third-order valence-corrected chi connectivity index (χ3v) is 8.59. The molecule has 0 aliphatic carbocycles. The summed E-state index contributed by atoms with van der Waals surface area (Å²) in [7, 11) is 0. The molecule has 0 saturated heterocycles. The molecule has 0 fully saturated rings. The number of aryl methyl sites for hydroxylation is 1. The molecule has 0 aliphatic heterocycles. The van der Waals surface area contributed by atoms with E-state index in [1.807, 2.05) is 42.5 Å². The van der Waals surface area contributed by atoms with E-state index in [9.17, 15) is 14.4 Å². The first-order chi connectivity index (χ1) is 23.8. The molecule has 3 aromatic carbocycles. The van der Waals surface area contributed by atoms with Gasteiger partial charge in [0.15, 0.2) is 0 Å². The van der Waals surface area contributed by atoms with Gasteiger partial charge in [-0.2, -0.15) is 0 Å². The topological polar surface area (TPSA) is 108 Å². The second-order valence-electron chi connectivity index (χ2n) is 11.4. The van der Waals surface area contributed by atoms with Crippen LogP contribution in [0, 0.1) is 0 Å². The number of thioether (sulfide) groups is 1. The van der Waals surface area contributed by atoms with Crippen molar-refractivity contribution in [2.24, 2.45) is 0 Å². The lowest BCUT2D eigenvalue weighted by Crippen LogP contribution is -2.10. The Hall–Kier alpha value is -4.34. The van der Waals surface area contributed by atoms with Gasteiger partial charge in [-0.3, -0.25) is 4.79 Å². The number of carbonyl (C=O) groups is 3. The molecule has 0 saturated carbocycles. The van der Waals surface area contributed by atoms with E-state index < -0.39 is 12.6 Å². The number of hydrogen-bond donors (Lipinski definition) is 1. The van der Waals surface area contributed by atoms with Crippen LogP contribution in [0.15, 0.2) is 96.4 Å². The van der Waals surface area contributed by atoms with E-state index in [0.29, 0.717) is 37.7 Å². The zero-order chi connectivity index (χ0) is 35.3. The highest BCUT2D eigenvalue weighted by molar-refractivity contribution is 8.14. The largest absolute Gasteiger partial charge is 0.494 e. The van der Waals surface area contributed by atoms with Gasteiger partial charge < -0.3 is 24.1 Å². The minimum absolute atomic E-state index is 0.0338. The Morgan fingerprint density at radius 1 is 0.735 bits per heavy atom. The fraction of sp³-hybridized carbons (Fsp3) is 0.375. The molecule has 0 unspecified atom stereocenters. The summed E-state index contributed by atoms with van der Waals surface area (Å²) >= 11 is 1.20. The van der Waals surface area contributed by atoms with Crippen LogP contribution >= 0.6 is 11.8 Å². The average Bonchev–Trinajstić information content (AvgIpc) is 3.13. The summed E-state index contributed by atoms with van der Waals surface area (Å²) in [5.41, 5.74) is 4.00. The normalized spacial score (nSPS) is 10.7. The summed E-state index contributed by atoms with van der Waals surface area (Å²) < 4.78 is 21.9. The van der Waals surface area contributed by atoms with Gasteiger partial charge in [-0.1, -0.05) is 38.3 Å². The molecule has 8 nitrogen and oxygen atoms in total. The highest BCUT2D eigenvalue weighted by Gasteiger charge is 2.11. The molecule has 0 bridgehead atoms. The van der Waals surface area contributed by atoms with Crippen molar-refractivity contribution in [3.63, 3.8) is 0 Å². The quantitative estimate of drug-likeness (QED) is 0.0454. The SMILES string of the molecule is C=CC(=O)OCCCCCCOc1ccc(-c2ccc(SC(=O)c3ccc(OCCCCCCOC(=O)C(=C)CO)cc3)cc2)cc1CC. The molecule has 0 spiro atoms. The minimum atomic E-state index is -0.553. The second-order valence-corrected chi connectivity index (χ2v) is 12.5. The van der Waals surface area contributed by atoms with E-state index in [2.05, 4.69) is 32.2 Å². The summed E-state index contributed by atoms with van der Waals surface area (Å²) in [6.45, 7) is 10.5. The Balaban J connectivity index is 1.37. The van der Waals surface area contributed by atoms with Crippen molar-refractivity contribution in [1.82, 2.24) is 0 Å². The molecule has 0 amide bonds. The maximum absolute atomic E-state index is 12.9. The summed E-state index contributed by atoms with van der Waals surface area (Å²) in [6.07, 6.45) is 9.24. The molecule has 49 heavy (non-hydrogen) atoms. The van der Waals surface area contributed by atoms with E-state index in [4.69, 9.17) is 24.1 Å². The van der Waals surface area contributed by atoms with Gasteiger partial charge in [0.1, 0.15) is 11.5 Å². The molecule has 0 heterocycles. The van der Waals surface area contributed by atoms with Gasteiger partial charge in [0.25, 0.3) is 0 Å². The molecule has 0 aliphatic rings. The molecule has 3 rings (SSSR count). The summed E-state index contributed by atoms with van der Waals surface area (Å²) in [5, 5.41) is 8.83. The molecule has 3 aromatic rings. The van der Waals surface area contributed by atoms with E-state index in [1.165, 1.54) is 17.8 Å². The van der Waals surface area contributed by atoms with Gasteiger partial charge in [-0.25, -0.2) is 9.59 Å². The first kappa shape index (κ1) is 39.1. The average molecular weight is 689 g/mol. The molecule has 262 valence electrons. The monoisotopic (exact) mass is 688 g/mol. The van der Waals surface area contributed by atoms with Crippen molar-refractivity contribution < 1.29 is 38.4 Å². The van der Waals surface area contributed by atoms with Gasteiger partial charge in [0.2, 0.25) is 5.12 Å². The van der Waals surface area contributed by atoms with Crippen LogP contribution in [0.5, 0.6) is 11.5 Å². The highest BCUT2D eigenvalue weighted by atomic mass is 32.2. The van der Waals surface area contributed by atoms with Crippen molar-refractivity contribution in [3.8, 4) is 22.6 Å². The molecule has 0 atom stereocenters. The summed E-state index contributed by atoms with van der Waals surface area (Å²) in [5.74, 6) is 0.687. The predicted octanol–water partition coefficient (Wildman–Crippen LogP) is 8.55. The number of aliphatic hydroxyl groups is 1. The van der Waals surface area contributed by atoms with Crippen molar-refractivity contribution in [1.29, 1.82) is 0 Å². The standard InChI is InChI=1S/C40H48O8S/c1-4-31-28-34(18-23-37(31)46-25-11-7-8-12-26-47-38(42)5-2)32-16-21-36(22-17-32)49-40(44)33-14-19-35(20-15-33)45-24-10-6-9-13-27-48-39(43)30(3)29-41/h5,14-23,28,41H,2-4,6-13,24-27,29H2,1H3. The number of hydrogen-bond acceptors (Lipinski definition) is 9. The smallest absolute Gasteiger partial charge is 0.335 e. The van der Waals surface area contributed by atoms with Gasteiger partial charge in [-0.15, -0.1) is 0 Å². The molecular weight excluding hydrogens is 640 g/mol. The zero-order valence-corrected chi connectivity index (χ0v) is 29.3. The first-order valence-corrected chi connectivity index (χ1v) is 17.7. The van der Waals surface area contributed by atoms with Crippen LogP contribution in [0.3, 0.4) is 0 Å². The number of unbranched alkanes of at least 4 members (excludes halogenated alkanes) is 6. The Bertz CT molecular complexity index is 1500. The van der Waals surface area contributed by atoms with E-state index >= 15 is 0 Å². The third-order valence-electron chi connectivity index (χ3n) is 7.66.